The number of benzene rings is 1. The van der Waals surface area contributed by atoms with Gasteiger partial charge in [-0.05, 0) is 24.8 Å². The van der Waals surface area contributed by atoms with Gasteiger partial charge in [0.2, 0.25) is 5.91 Å². The van der Waals surface area contributed by atoms with Crippen molar-refractivity contribution in [2.45, 2.75) is 37.8 Å². The maximum atomic E-state index is 12.2. The minimum Gasteiger partial charge on any atom is -0.481 e. The number of piperidine rings is 1. The third-order valence-corrected chi connectivity index (χ3v) is 4.04. The van der Waals surface area contributed by atoms with Gasteiger partial charge in [0.05, 0.1) is 12.0 Å². The molecule has 4 heteroatoms. The van der Waals surface area contributed by atoms with Crippen LogP contribution in [-0.2, 0) is 9.59 Å². The van der Waals surface area contributed by atoms with Crippen LogP contribution in [0.2, 0.25) is 0 Å². The molecule has 19 heavy (non-hydrogen) atoms. The lowest BCUT2D eigenvalue weighted by Crippen LogP contribution is -2.46. The van der Waals surface area contributed by atoms with Crippen molar-refractivity contribution >= 4 is 11.9 Å². The molecule has 0 bridgehead atoms. The summed E-state index contributed by atoms with van der Waals surface area (Å²) in [6.07, 6.45) is 2.80. The molecule has 0 spiro atoms. The van der Waals surface area contributed by atoms with Crippen molar-refractivity contribution in [3.8, 4) is 0 Å². The number of hydrogen-bond donors (Lipinski definition) is 1. The molecule has 2 aliphatic rings. The van der Waals surface area contributed by atoms with Gasteiger partial charge in [-0.15, -0.1) is 0 Å². The van der Waals surface area contributed by atoms with Crippen LogP contribution >= 0.6 is 0 Å². The number of carbonyl (C=O) groups is 2. The first-order valence-electron chi connectivity index (χ1n) is 6.77. The molecule has 1 saturated heterocycles. The van der Waals surface area contributed by atoms with Gasteiger partial charge in [-0.1, -0.05) is 30.3 Å². The second-order valence-electron chi connectivity index (χ2n) is 5.37. The van der Waals surface area contributed by atoms with Gasteiger partial charge in [0, 0.05) is 12.5 Å². The molecule has 1 amide bonds. The maximum Gasteiger partial charge on any atom is 0.308 e. The summed E-state index contributed by atoms with van der Waals surface area (Å²) in [6.45, 7) is 0. The molecular weight excluding hydrogens is 242 g/mol. The number of hydrogen-bond acceptors (Lipinski definition) is 2. The smallest absolute Gasteiger partial charge is 0.308 e. The summed E-state index contributed by atoms with van der Waals surface area (Å²) in [7, 11) is 0. The highest BCUT2D eigenvalue weighted by Crippen LogP contribution is 2.43. The van der Waals surface area contributed by atoms with E-state index in [0.29, 0.717) is 12.8 Å². The van der Waals surface area contributed by atoms with Gasteiger partial charge in [-0.25, -0.2) is 0 Å². The van der Waals surface area contributed by atoms with Gasteiger partial charge in [-0.2, -0.15) is 0 Å². The predicted octanol–water partition coefficient (Wildman–Crippen LogP) is 2.21. The Balaban J connectivity index is 2.00. The zero-order valence-electron chi connectivity index (χ0n) is 10.7. The summed E-state index contributed by atoms with van der Waals surface area (Å²) >= 11 is 0. The van der Waals surface area contributed by atoms with E-state index < -0.39 is 11.9 Å². The molecule has 4 nitrogen and oxygen atoms in total. The number of carbonyl (C=O) groups excluding carboxylic acids is 1. The zero-order chi connectivity index (χ0) is 13.4. The van der Waals surface area contributed by atoms with Crippen LogP contribution in [0.1, 0.15) is 37.3 Å². The van der Waals surface area contributed by atoms with Gasteiger partial charge in [0.15, 0.2) is 0 Å². The van der Waals surface area contributed by atoms with Crippen molar-refractivity contribution in [1.29, 1.82) is 0 Å². The molecule has 100 valence electrons. The minimum atomic E-state index is -0.799. The fraction of sp³-hybridized carbons (Fsp3) is 0.467. The first-order valence-corrected chi connectivity index (χ1v) is 6.77. The molecule has 0 unspecified atom stereocenters. The Bertz CT molecular complexity index is 495. The number of aliphatic carboxylic acids is 1. The topological polar surface area (TPSA) is 57.6 Å². The van der Waals surface area contributed by atoms with E-state index in [2.05, 4.69) is 0 Å². The predicted molar refractivity (Wildman–Crippen MR) is 69.4 cm³/mol. The molecule has 1 aliphatic carbocycles. The van der Waals surface area contributed by atoms with Crippen LogP contribution in [0.5, 0.6) is 0 Å². The van der Waals surface area contributed by atoms with Crippen molar-refractivity contribution in [2.75, 3.05) is 0 Å². The first kappa shape index (κ1) is 12.2. The first-order chi connectivity index (χ1) is 9.18. The van der Waals surface area contributed by atoms with E-state index in [1.807, 2.05) is 35.2 Å². The van der Waals surface area contributed by atoms with E-state index in [4.69, 9.17) is 0 Å². The third-order valence-electron chi connectivity index (χ3n) is 4.04. The van der Waals surface area contributed by atoms with Crippen molar-refractivity contribution < 1.29 is 14.7 Å². The number of nitrogens with zero attached hydrogens (tertiary/aromatic N) is 1. The number of carboxylic acid groups (broad SMARTS) is 1. The molecule has 1 aromatic carbocycles. The zero-order valence-corrected chi connectivity index (χ0v) is 10.7. The molecule has 2 fully saturated rings. The lowest BCUT2D eigenvalue weighted by Gasteiger charge is -2.40. The van der Waals surface area contributed by atoms with E-state index in [0.717, 1.165) is 18.4 Å². The molecule has 2 atom stereocenters. The quantitative estimate of drug-likeness (QED) is 0.905. The second-order valence-corrected chi connectivity index (χ2v) is 5.37. The molecule has 1 N–H and O–H groups in total. The van der Waals surface area contributed by atoms with Crippen LogP contribution in [-0.4, -0.2) is 27.9 Å². The summed E-state index contributed by atoms with van der Waals surface area (Å²) in [5.74, 6) is -1.18. The molecule has 1 saturated carbocycles. The van der Waals surface area contributed by atoms with E-state index >= 15 is 0 Å². The molecule has 3 rings (SSSR count). The van der Waals surface area contributed by atoms with Gasteiger partial charge < -0.3 is 10.0 Å². The second kappa shape index (κ2) is 4.68. The van der Waals surface area contributed by atoms with Gasteiger partial charge in [-0.3, -0.25) is 9.59 Å². The minimum absolute atomic E-state index is 0.105. The summed E-state index contributed by atoms with van der Waals surface area (Å²) in [4.78, 5) is 25.5. The Hall–Kier alpha value is -1.84. The Kier molecular flexibility index (Phi) is 3.01. The number of likely N-dealkylation sites (tertiary alicyclic amines) is 1. The Morgan fingerprint density at radius 2 is 1.84 bits per heavy atom. The van der Waals surface area contributed by atoms with E-state index in [1.165, 1.54) is 0 Å². The summed E-state index contributed by atoms with van der Waals surface area (Å²) in [6, 6.07) is 9.51. The van der Waals surface area contributed by atoms with Crippen LogP contribution in [0.25, 0.3) is 0 Å². The van der Waals surface area contributed by atoms with Crippen molar-refractivity contribution in [2.24, 2.45) is 5.92 Å². The van der Waals surface area contributed by atoms with E-state index in [-0.39, 0.29) is 18.0 Å². The van der Waals surface area contributed by atoms with Crippen LogP contribution in [0.4, 0.5) is 0 Å². The summed E-state index contributed by atoms with van der Waals surface area (Å²) in [5, 5.41) is 9.44. The number of amides is 1. The van der Waals surface area contributed by atoms with Gasteiger partial charge in [0.1, 0.15) is 0 Å². The SMILES string of the molecule is O=C(O)[C@@H]1CCC(=O)N(C2CC2)[C@H]1c1ccccc1. The van der Waals surface area contributed by atoms with Crippen LogP contribution < -0.4 is 0 Å². The highest BCUT2D eigenvalue weighted by molar-refractivity contribution is 5.82. The highest BCUT2D eigenvalue weighted by atomic mass is 16.4. The average molecular weight is 259 g/mol. The Labute approximate surface area is 112 Å². The monoisotopic (exact) mass is 259 g/mol. The number of carboxylic acids is 1. The van der Waals surface area contributed by atoms with Crippen LogP contribution in [0.15, 0.2) is 30.3 Å². The largest absolute Gasteiger partial charge is 0.481 e. The van der Waals surface area contributed by atoms with Gasteiger partial charge >= 0.3 is 5.97 Å². The normalized spacial score (nSPS) is 27.4. The third kappa shape index (κ3) is 2.23. The van der Waals surface area contributed by atoms with Crippen LogP contribution in [0.3, 0.4) is 0 Å². The average Bonchev–Trinajstić information content (AvgIpc) is 3.23. The molecule has 1 aliphatic heterocycles. The Morgan fingerprint density at radius 3 is 2.42 bits per heavy atom. The van der Waals surface area contributed by atoms with Crippen molar-refractivity contribution in [1.82, 2.24) is 4.90 Å². The fourth-order valence-corrected chi connectivity index (χ4v) is 3.00. The van der Waals surface area contributed by atoms with Crippen LogP contribution in [0, 0.1) is 5.92 Å². The molecule has 1 heterocycles. The molecular formula is C15H17NO3. The lowest BCUT2D eigenvalue weighted by molar-refractivity contribution is -0.152. The summed E-state index contributed by atoms with van der Waals surface area (Å²) in [5.41, 5.74) is 0.940. The highest BCUT2D eigenvalue weighted by Gasteiger charge is 2.46. The molecule has 0 radical (unpaired) electrons. The maximum absolute atomic E-state index is 12.2. The molecule has 1 aromatic rings. The summed E-state index contributed by atoms with van der Waals surface area (Å²) < 4.78 is 0. The van der Waals surface area contributed by atoms with E-state index in [1.54, 1.807) is 0 Å². The van der Waals surface area contributed by atoms with Gasteiger partial charge in [0.25, 0.3) is 0 Å². The molecule has 0 aromatic heterocycles. The lowest BCUT2D eigenvalue weighted by atomic mass is 9.84. The van der Waals surface area contributed by atoms with Crippen molar-refractivity contribution in [3.63, 3.8) is 0 Å². The standard InChI is InChI=1S/C15H17NO3/c17-13-9-8-12(15(18)19)14(16(13)11-6-7-11)10-4-2-1-3-5-10/h1-5,11-12,14H,6-9H2,(H,18,19)/t12-,14+/m1/s1. The fourth-order valence-electron chi connectivity index (χ4n) is 3.00. The Morgan fingerprint density at radius 1 is 1.16 bits per heavy atom. The van der Waals surface area contributed by atoms with E-state index in [9.17, 15) is 14.7 Å². The number of rotatable bonds is 3. The van der Waals surface area contributed by atoms with Crippen molar-refractivity contribution in [3.05, 3.63) is 35.9 Å².